The Hall–Kier alpha value is -2.09. The minimum atomic E-state index is -1.13. The number of hydrogen-bond acceptors (Lipinski definition) is 5. The number of aliphatic hydroxyl groups is 2. The van der Waals surface area contributed by atoms with Crippen molar-refractivity contribution in [1.29, 1.82) is 0 Å². The highest BCUT2D eigenvalue weighted by Crippen LogP contribution is 2.28. The first-order chi connectivity index (χ1) is 12.0. The zero-order valence-electron chi connectivity index (χ0n) is 13.4. The molecule has 4 N–H and O–H groups in total. The van der Waals surface area contributed by atoms with Crippen molar-refractivity contribution in [2.24, 2.45) is 0 Å². The molecule has 0 bridgehead atoms. The second-order valence-electron chi connectivity index (χ2n) is 5.50. The van der Waals surface area contributed by atoms with Gasteiger partial charge in [-0.1, -0.05) is 36.4 Å². The minimum absolute atomic E-state index is 0.0493. The molecule has 0 fully saturated rings. The largest absolute Gasteiger partial charge is 0.507 e. The molecule has 7 heteroatoms. The topological polar surface area (TPSA) is 99.0 Å². The van der Waals surface area contributed by atoms with Gasteiger partial charge in [0.25, 0.3) is 0 Å². The molecule has 0 aromatic heterocycles. The molecule has 0 spiro atoms. The molecule has 0 aliphatic carbocycles. The molecule has 25 heavy (non-hydrogen) atoms. The first kappa shape index (κ1) is 19.2. The summed E-state index contributed by atoms with van der Waals surface area (Å²) in [5.74, 6) is 0.0493. The van der Waals surface area contributed by atoms with Crippen molar-refractivity contribution in [3.63, 3.8) is 0 Å². The fraction of sp³-hybridized carbons (Fsp3) is 0.278. The van der Waals surface area contributed by atoms with Crippen LogP contribution in [0.3, 0.4) is 0 Å². The van der Waals surface area contributed by atoms with E-state index in [0.717, 1.165) is 5.56 Å². The average Bonchev–Trinajstić information content (AvgIpc) is 2.62. The molecule has 0 aliphatic rings. The van der Waals surface area contributed by atoms with Crippen molar-refractivity contribution < 1.29 is 24.9 Å². The predicted octanol–water partition coefficient (Wildman–Crippen LogP) is 2.87. The Kier molecular flexibility index (Phi) is 7.24. The maximum Gasteiger partial charge on any atom is 0.407 e. The lowest BCUT2D eigenvalue weighted by Gasteiger charge is -2.18. The van der Waals surface area contributed by atoms with Crippen LogP contribution in [0.1, 0.15) is 23.7 Å². The molecule has 0 saturated carbocycles. The Morgan fingerprint density at radius 2 is 1.88 bits per heavy atom. The number of phenolic OH excluding ortho intramolecular Hbond substituents is 1. The molecular weight excluding hydrogens is 390 g/mol. The molecule has 2 aromatic rings. The van der Waals surface area contributed by atoms with Gasteiger partial charge in [0.15, 0.2) is 0 Å². The average molecular weight is 410 g/mol. The first-order valence-electron chi connectivity index (χ1n) is 7.76. The standard InChI is InChI=1S/C18H20BrNO5/c19-14-10-13(6-7-15(14)21)17(23)16(22)8-9-20-18(24)25-11-12-4-2-1-3-5-12/h1-7,10,16-17,21-23H,8-9,11H2,(H,20,24). The second kappa shape index (κ2) is 9.41. The molecule has 0 heterocycles. The normalized spacial score (nSPS) is 13.1. The van der Waals surface area contributed by atoms with E-state index >= 15 is 0 Å². The molecule has 6 nitrogen and oxygen atoms in total. The summed E-state index contributed by atoms with van der Waals surface area (Å²) < 4.78 is 5.49. The third-order valence-electron chi connectivity index (χ3n) is 3.60. The molecule has 134 valence electrons. The summed E-state index contributed by atoms with van der Waals surface area (Å²) in [5, 5.41) is 32.1. The van der Waals surface area contributed by atoms with Crippen molar-refractivity contribution in [3.8, 4) is 5.75 Å². The van der Waals surface area contributed by atoms with Gasteiger partial charge in [-0.15, -0.1) is 0 Å². The fourth-order valence-electron chi connectivity index (χ4n) is 2.18. The number of rotatable bonds is 7. The summed E-state index contributed by atoms with van der Waals surface area (Å²) in [7, 11) is 0. The van der Waals surface area contributed by atoms with Crippen molar-refractivity contribution in [2.75, 3.05) is 6.54 Å². The molecule has 0 aliphatic heterocycles. The van der Waals surface area contributed by atoms with Crippen molar-refractivity contribution in [3.05, 3.63) is 64.1 Å². The van der Waals surface area contributed by atoms with Crippen LogP contribution in [0.5, 0.6) is 5.75 Å². The minimum Gasteiger partial charge on any atom is -0.507 e. The van der Waals surface area contributed by atoms with E-state index in [1.807, 2.05) is 30.3 Å². The first-order valence-corrected chi connectivity index (χ1v) is 8.55. The monoisotopic (exact) mass is 409 g/mol. The van der Waals surface area contributed by atoms with Crippen LogP contribution in [-0.2, 0) is 11.3 Å². The van der Waals surface area contributed by atoms with Gasteiger partial charge in [-0.25, -0.2) is 4.79 Å². The highest BCUT2D eigenvalue weighted by Gasteiger charge is 2.19. The number of aromatic hydroxyl groups is 1. The molecule has 1 amide bonds. The van der Waals surface area contributed by atoms with E-state index in [-0.39, 0.29) is 25.3 Å². The molecule has 2 aromatic carbocycles. The lowest BCUT2D eigenvalue weighted by Crippen LogP contribution is -2.29. The Balaban J connectivity index is 1.72. The SMILES string of the molecule is O=C(NCCC(O)C(O)c1ccc(O)c(Br)c1)OCc1ccccc1. The number of aliphatic hydroxyl groups excluding tert-OH is 2. The van der Waals surface area contributed by atoms with E-state index in [0.29, 0.717) is 10.0 Å². The van der Waals surface area contributed by atoms with Crippen LogP contribution < -0.4 is 5.32 Å². The van der Waals surface area contributed by atoms with Gasteiger partial charge < -0.3 is 25.4 Å². The number of carbonyl (C=O) groups excluding carboxylic acids is 1. The third kappa shape index (κ3) is 6.04. The maximum absolute atomic E-state index is 11.6. The maximum atomic E-state index is 11.6. The Morgan fingerprint density at radius 3 is 2.56 bits per heavy atom. The van der Waals surface area contributed by atoms with Crippen LogP contribution in [-0.4, -0.2) is 34.1 Å². The third-order valence-corrected chi connectivity index (χ3v) is 4.24. The quantitative estimate of drug-likeness (QED) is 0.563. The summed E-state index contributed by atoms with van der Waals surface area (Å²) in [6.07, 6.45) is -2.62. The molecule has 2 rings (SSSR count). The Labute approximate surface area is 154 Å². The van der Waals surface area contributed by atoms with E-state index in [1.165, 1.54) is 18.2 Å². The molecule has 0 saturated heterocycles. The molecule has 2 unspecified atom stereocenters. The van der Waals surface area contributed by atoms with Gasteiger partial charge in [0, 0.05) is 6.54 Å². The number of hydrogen-bond donors (Lipinski definition) is 4. The Bertz CT molecular complexity index is 695. The van der Waals surface area contributed by atoms with Gasteiger partial charge in [-0.05, 0) is 45.6 Å². The van der Waals surface area contributed by atoms with Crippen LogP contribution in [0.4, 0.5) is 4.79 Å². The number of carbonyl (C=O) groups is 1. The summed E-state index contributed by atoms with van der Waals surface area (Å²) in [4.78, 5) is 11.6. The van der Waals surface area contributed by atoms with Crippen molar-refractivity contribution in [1.82, 2.24) is 5.32 Å². The summed E-state index contributed by atoms with van der Waals surface area (Å²) >= 11 is 3.16. The van der Waals surface area contributed by atoms with Crippen LogP contribution in [0.25, 0.3) is 0 Å². The van der Waals surface area contributed by atoms with E-state index in [9.17, 15) is 20.1 Å². The summed E-state index contributed by atoms with van der Waals surface area (Å²) in [6.45, 7) is 0.324. The van der Waals surface area contributed by atoms with Gasteiger partial charge >= 0.3 is 6.09 Å². The van der Waals surface area contributed by atoms with Gasteiger partial charge in [0.05, 0.1) is 10.6 Å². The van der Waals surface area contributed by atoms with Crippen LogP contribution >= 0.6 is 15.9 Å². The smallest absolute Gasteiger partial charge is 0.407 e. The molecular formula is C18H20BrNO5. The zero-order valence-corrected chi connectivity index (χ0v) is 15.0. The zero-order chi connectivity index (χ0) is 18.2. The Morgan fingerprint density at radius 1 is 1.16 bits per heavy atom. The van der Waals surface area contributed by atoms with Crippen LogP contribution in [0.2, 0.25) is 0 Å². The van der Waals surface area contributed by atoms with Crippen molar-refractivity contribution in [2.45, 2.75) is 25.2 Å². The van der Waals surface area contributed by atoms with Crippen LogP contribution in [0, 0.1) is 0 Å². The van der Waals surface area contributed by atoms with Gasteiger partial charge in [0.1, 0.15) is 18.5 Å². The molecule has 2 atom stereocenters. The lowest BCUT2D eigenvalue weighted by molar-refractivity contribution is 0.0136. The van der Waals surface area contributed by atoms with Gasteiger partial charge in [0.2, 0.25) is 0 Å². The van der Waals surface area contributed by atoms with Crippen molar-refractivity contribution >= 4 is 22.0 Å². The number of alkyl carbamates (subject to hydrolysis) is 1. The predicted molar refractivity (Wildman–Crippen MR) is 96.0 cm³/mol. The van der Waals surface area contributed by atoms with Gasteiger partial charge in [-0.2, -0.15) is 0 Å². The fourth-order valence-corrected chi connectivity index (χ4v) is 2.58. The number of phenols is 1. The van der Waals surface area contributed by atoms with E-state index < -0.39 is 18.3 Å². The van der Waals surface area contributed by atoms with E-state index in [4.69, 9.17) is 4.74 Å². The number of nitrogens with one attached hydrogen (secondary N) is 1. The van der Waals surface area contributed by atoms with Gasteiger partial charge in [-0.3, -0.25) is 0 Å². The van der Waals surface area contributed by atoms with Crippen LogP contribution in [0.15, 0.2) is 53.0 Å². The van der Waals surface area contributed by atoms with E-state index in [1.54, 1.807) is 0 Å². The summed E-state index contributed by atoms with van der Waals surface area (Å²) in [5.41, 5.74) is 1.34. The highest BCUT2D eigenvalue weighted by atomic mass is 79.9. The summed E-state index contributed by atoms with van der Waals surface area (Å²) in [6, 6.07) is 13.8. The lowest BCUT2D eigenvalue weighted by atomic mass is 10.0. The number of ether oxygens (including phenoxy) is 1. The number of halogens is 1. The number of benzene rings is 2. The van der Waals surface area contributed by atoms with E-state index in [2.05, 4.69) is 21.2 Å². The number of amides is 1. The second-order valence-corrected chi connectivity index (χ2v) is 6.35. The molecule has 0 radical (unpaired) electrons. The highest BCUT2D eigenvalue weighted by molar-refractivity contribution is 9.10.